The third-order valence-corrected chi connectivity index (χ3v) is 7.86. The molecule has 1 fully saturated rings. The van der Waals surface area contributed by atoms with Crippen LogP contribution in [0, 0.1) is 5.82 Å². The van der Waals surface area contributed by atoms with Crippen molar-refractivity contribution in [1.82, 2.24) is 24.8 Å². The minimum Gasteiger partial charge on any atom is -0.493 e. The van der Waals surface area contributed by atoms with Crippen molar-refractivity contribution in [2.75, 3.05) is 44.0 Å². The van der Waals surface area contributed by atoms with Crippen molar-refractivity contribution < 1.29 is 23.8 Å². The molecular formula is C31H35ClFN7O4. The molecule has 3 N–H and O–H groups in total. The van der Waals surface area contributed by atoms with E-state index >= 15 is 0 Å². The van der Waals surface area contributed by atoms with Crippen LogP contribution in [0.25, 0.3) is 10.9 Å². The van der Waals surface area contributed by atoms with Crippen LogP contribution >= 0.6 is 11.6 Å². The van der Waals surface area contributed by atoms with Gasteiger partial charge in [-0.05, 0) is 43.5 Å². The van der Waals surface area contributed by atoms with E-state index in [0.29, 0.717) is 53.1 Å². The van der Waals surface area contributed by atoms with Gasteiger partial charge in [-0.25, -0.2) is 24.3 Å². The van der Waals surface area contributed by atoms with Crippen molar-refractivity contribution in [2.45, 2.75) is 44.6 Å². The Bertz CT molecular complexity index is 1570. The number of hydrogen-bond acceptors (Lipinski definition) is 10. The number of nitrogens with zero attached hydrogens (tertiary/aromatic N) is 5. The summed E-state index contributed by atoms with van der Waals surface area (Å²) in [5, 5.41) is 15.8. The Balaban J connectivity index is 1.22. The molecule has 1 aliphatic carbocycles. The van der Waals surface area contributed by atoms with Gasteiger partial charge in [0.25, 0.3) is 5.91 Å². The highest BCUT2D eigenvalue weighted by Crippen LogP contribution is 2.35. The first kappa shape index (κ1) is 31.3. The number of aliphatic hydroxyl groups is 1. The Kier molecular flexibility index (Phi) is 10.7. The molecule has 13 heteroatoms. The van der Waals surface area contributed by atoms with Gasteiger partial charge in [0.2, 0.25) is 5.95 Å². The Hall–Kier alpha value is -4.13. The van der Waals surface area contributed by atoms with Gasteiger partial charge in [0.15, 0.2) is 11.5 Å². The van der Waals surface area contributed by atoms with E-state index < -0.39 is 11.7 Å². The lowest BCUT2D eigenvalue weighted by Crippen LogP contribution is -2.39. The first-order valence-electron chi connectivity index (χ1n) is 14.6. The summed E-state index contributed by atoms with van der Waals surface area (Å²) in [6.07, 6.45) is 11.4. The number of ether oxygens (including phenoxy) is 2. The molecule has 11 nitrogen and oxygen atoms in total. The fraction of sp³-hybridized carbons (Fsp3) is 0.387. The molecule has 0 spiro atoms. The van der Waals surface area contributed by atoms with Crippen molar-refractivity contribution in [3.63, 3.8) is 0 Å². The van der Waals surface area contributed by atoms with Gasteiger partial charge in [0.1, 0.15) is 18.0 Å². The van der Waals surface area contributed by atoms with E-state index in [1.54, 1.807) is 7.11 Å². The molecule has 1 saturated carbocycles. The van der Waals surface area contributed by atoms with E-state index in [0.717, 1.165) is 19.0 Å². The van der Waals surface area contributed by atoms with Crippen molar-refractivity contribution in [3.05, 3.63) is 65.5 Å². The van der Waals surface area contributed by atoms with Crippen LogP contribution in [-0.2, 0) is 0 Å². The molecule has 0 radical (unpaired) electrons. The zero-order valence-corrected chi connectivity index (χ0v) is 25.2. The predicted octanol–water partition coefficient (Wildman–Crippen LogP) is 5.61. The minimum absolute atomic E-state index is 0.0650. The molecule has 2 heterocycles. The molecule has 0 saturated heterocycles. The number of amides is 1. The molecule has 1 amide bonds. The topological polar surface area (TPSA) is 135 Å². The van der Waals surface area contributed by atoms with Gasteiger partial charge in [0.05, 0.1) is 48.9 Å². The quantitative estimate of drug-likeness (QED) is 0.161. The lowest BCUT2D eigenvalue weighted by Gasteiger charge is -2.33. The van der Waals surface area contributed by atoms with E-state index in [9.17, 15) is 14.3 Å². The number of benzene rings is 2. The summed E-state index contributed by atoms with van der Waals surface area (Å²) in [6.45, 7) is 2.21. The SMILES string of the molecule is COc1cc2c(Nc3cnc(NC(=O)c4ccc(F)c(Cl)c4)nc3)ncnc2cc1OCCCN(CCO)C1CCCCC1. The van der Waals surface area contributed by atoms with Crippen LogP contribution in [0.15, 0.2) is 49.1 Å². The molecule has 2 aromatic heterocycles. The van der Waals surface area contributed by atoms with Crippen LogP contribution in [0.4, 0.5) is 21.8 Å². The van der Waals surface area contributed by atoms with Crippen LogP contribution in [-0.4, -0.2) is 75.3 Å². The highest BCUT2D eigenvalue weighted by atomic mass is 35.5. The summed E-state index contributed by atoms with van der Waals surface area (Å²) in [4.78, 5) is 32.0. The molecule has 1 aliphatic rings. The minimum atomic E-state index is -0.611. The number of methoxy groups -OCH3 is 1. The number of hydrogen-bond donors (Lipinski definition) is 3. The predicted molar refractivity (Wildman–Crippen MR) is 166 cm³/mol. The standard InChI is InChI=1S/C31H35ClFN7O4/c1-43-27-15-23-26(16-28(27)44-13-5-10-40(11-12-41)22-6-3-2-4-7-22)36-19-37-29(23)38-21-17-34-31(35-18-21)39-30(42)20-8-9-25(33)24(32)14-20/h8-9,14-19,22,41H,2-7,10-13H2,1H3,(H,36,37,38)(H,34,35,39,42). The molecule has 232 valence electrons. The zero-order chi connectivity index (χ0) is 30.9. The molecule has 4 aromatic rings. The van der Waals surface area contributed by atoms with Gasteiger partial charge in [-0.15, -0.1) is 0 Å². The largest absolute Gasteiger partial charge is 0.493 e. The van der Waals surface area contributed by atoms with Crippen LogP contribution in [0.5, 0.6) is 11.5 Å². The average Bonchev–Trinajstić information content (AvgIpc) is 3.05. The fourth-order valence-electron chi connectivity index (χ4n) is 5.34. The number of nitrogens with one attached hydrogen (secondary N) is 2. The van der Waals surface area contributed by atoms with Gasteiger partial charge in [-0.2, -0.15) is 0 Å². The van der Waals surface area contributed by atoms with E-state index in [1.807, 2.05) is 12.1 Å². The molecule has 2 aromatic carbocycles. The second kappa shape index (κ2) is 15.0. The second-order valence-electron chi connectivity index (χ2n) is 10.5. The maximum atomic E-state index is 13.4. The lowest BCUT2D eigenvalue weighted by atomic mass is 9.94. The first-order chi connectivity index (χ1) is 21.4. The maximum Gasteiger partial charge on any atom is 0.258 e. The Morgan fingerprint density at radius 3 is 2.59 bits per heavy atom. The van der Waals surface area contributed by atoms with E-state index in [-0.39, 0.29) is 23.1 Å². The number of rotatable bonds is 13. The fourth-order valence-corrected chi connectivity index (χ4v) is 5.52. The number of aromatic nitrogens is 4. The van der Waals surface area contributed by atoms with Gasteiger partial charge in [0, 0.05) is 36.1 Å². The van der Waals surface area contributed by atoms with E-state index in [4.69, 9.17) is 21.1 Å². The number of carbonyl (C=O) groups is 1. The summed E-state index contributed by atoms with van der Waals surface area (Å²) in [5.41, 5.74) is 1.36. The van der Waals surface area contributed by atoms with E-state index in [2.05, 4.69) is 35.5 Å². The maximum absolute atomic E-state index is 13.4. The molecule has 0 atom stereocenters. The number of anilines is 3. The summed E-state index contributed by atoms with van der Waals surface area (Å²) >= 11 is 5.77. The van der Waals surface area contributed by atoms with Crippen LogP contribution in [0.1, 0.15) is 48.9 Å². The summed E-state index contributed by atoms with van der Waals surface area (Å²) in [5.74, 6) is 0.571. The Morgan fingerprint density at radius 2 is 1.86 bits per heavy atom. The third kappa shape index (κ3) is 7.87. The van der Waals surface area contributed by atoms with Crippen molar-refractivity contribution in [3.8, 4) is 11.5 Å². The Morgan fingerprint density at radius 1 is 1.07 bits per heavy atom. The van der Waals surface area contributed by atoms with Gasteiger partial charge >= 0.3 is 0 Å². The lowest BCUT2D eigenvalue weighted by molar-refractivity contribution is 0.102. The molecule has 5 rings (SSSR count). The molecule has 44 heavy (non-hydrogen) atoms. The van der Waals surface area contributed by atoms with Gasteiger partial charge in [-0.1, -0.05) is 30.9 Å². The summed E-state index contributed by atoms with van der Waals surface area (Å²) < 4.78 is 25.2. The third-order valence-electron chi connectivity index (χ3n) is 7.57. The average molecular weight is 624 g/mol. The summed E-state index contributed by atoms with van der Waals surface area (Å²) in [6, 6.07) is 7.85. The highest BCUT2D eigenvalue weighted by molar-refractivity contribution is 6.31. The zero-order valence-electron chi connectivity index (χ0n) is 24.4. The van der Waals surface area contributed by atoms with E-state index in [1.165, 1.54) is 63.0 Å². The monoisotopic (exact) mass is 623 g/mol. The molecular weight excluding hydrogens is 589 g/mol. The van der Waals surface area contributed by atoms with Crippen LogP contribution in [0.3, 0.4) is 0 Å². The van der Waals surface area contributed by atoms with Gasteiger partial charge in [-0.3, -0.25) is 15.0 Å². The molecule has 0 aliphatic heterocycles. The van der Waals surface area contributed by atoms with Crippen LogP contribution < -0.4 is 20.1 Å². The van der Waals surface area contributed by atoms with Crippen molar-refractivity contribution in [2.24, 2.45) is 0 Å². The number of fused-ring (bicyclic) bond motifs is 1. The number of aliphatic hydroxyl groups excluding tert-OH is 1. The smallest absolute Gasteiger partial charge is 0.258 e. The highest BCUT2D eigenvalue weighted by Gasteiger charge is 2.20. The van der Waals surface area contributed by atoms with Crippen molar-refractivity contribution in [1.29, 1.82) is 0 Å². The number of halogens is 2. The molecule has 0 bridgehead atoms. The van der Waals surface area contributed by atoms with Crippen LogP contribution in [0.2, 0.25) is 5.02 Å². The normalized spacial score (nSPS) is 13.7. The summed E-state index contributed by atoms with van der Waals surface area (Å²) in [7, 11) is 1.58. The molecule has 0 unspecified atom stereocenters. The number of carbonyl (C=O) groups excluding carboxylic acids is 1. The van der Waals surface area contributed by atoms with Gasteiger partial charge < -0.3 is 19.9 Å². The van der Waals surface area contributed by atoms with Crippen molar-refractivity contribution >= 4 is 45.9 Å². The Labute approximate surface area is 259 Å². The second-order valence-corrected chi connectivity index (χ2v) is 10.9. The first-order valence-corrected chi connectivity index (χ1v) is 15.0.